The molecular weight excluding hydrogens is 300 g/mol. The highest BCUT2D eigenvalue weighted by Gasteiger charge is 2.08. The summed E-state index contributed by atoms with van der Waals surface area (Å²) in [6, 6.07) is 15.9. The summed E-state index contributed by atoms with van der Waals surface area (Å²) in [5, 5.41) is 2.94. The van der Waals surface area contributed by atoms with Crippen LogP contribution >= 0.6 is 0 Å². The van der Waals surface area contributed by atoms with Crippen LogP contribution in [0.1, 0.15) is 5.56 Å². The first-order chi connectivity index (χ1) is 11.6. The zero-order chi connectivity index (χ0) is 16.9. The van der Waals surface area contributed by atoms with Crippen molar-refractivity contribution < 1.29 is 4.79 Å². The second-order valence-electron chi connectivity index (χ2n) is 6.13. The molecule has 124 valence electrons. The number of amides is 1. The number of nitrogens with zero attached hydrogens (tertiary/aromatic N) is 2. The number of hydrogen-bond acceptors (Lipinski definition) is 3. The summed E-state index contributed by atoms with van der Waals surface area (Å²) in [4.78, 5) is 22.0. The van der Waals surface area contributed by atoms with Crippen molar-refractivity contribution in [2.24, 2.45) is 0 Å². The second kappa shape index (κ2) is 7.27. The van der Waals surface area contributed by atoms with Gasteiger partial charge in [-0.3, -0.25) is 4.79 Å². The number of aromatic amines is 1. The van der Waals surface area contributed by atoms with Gasteiger partial charge in [0.25, 0.3) is 0 Å². The minimum absolute atomic E-state index is 0.0407. The van der Waals surface area contributed by atoms with Gasteiger partial charge in [0.1, 0.15) is 5.82 Å². The minimum atomic E-state index is 0.0407. The van der Waals surface area contributed by atoms with Crippen molar-refractivity contribution >= 4 is 16.9 Å². The van der Waals surface area contributed by atoms with Gasteiger partial charge in [-0.05, 0) is 31.8 Å². The molecule has 24 heavy (non-hydrogen) atoms. The van der Waals surface area contributed by atoms with Gasteiger partial charge in [0.2, 0.25) is 5.91 Å². The molecule has 0 unspecified atom stereocenters. The number of imidazole rings is 1. The Bertz CT molecular complexity index is 824. The zero-order valence-corrected chi connectivity index (χ0v) is 14.0. The Labute approximate surface area is 141 Å². The number of aromatic nitrogens is 2. The monoisotopic (exact) mass is 322 g/mol. The number of carbonyl (C=O) groups is 1. The number of H-pyrrole nitrogens is 1. The highest BCUT2D eigenvalue weighted by Crippen LogP contribution is 2.21. The predicted octanol–water partition coefficient (Wildman–Crippen LogP) is 2.45. The van der Waals surface area contributed by atoms with Crippen LogP contribution in [0.2, 0.25) is 0 Å². The molecule has 3 aromatic rings. The molecular formula is C19H22N4O. The maximum atomic E-state index is 12.0. The van der Waals surface area contributed by atoms with E-state index in [1.807, 2.05) is 67.5 Å². The Morgan fingerprint density at radius 3 is 2.71 bits per heavy atom. The highest BCUT2D eigenvalue weighted by atomic mass is 16.1. The Morgan fingerprint density at radius 2 is 1.96 bits per heavy atom. The van der Waals surface area contributed by atoms with Gasteiger partial charge in [0.05, 0.1) is 17.5 Å². The third kappa shape index (κ3) is 4.00. The van der Waals surface area contributed by atoms with Gasteiger partial charge in [0.15, 0.2) is 0 Å². The van der Waals surface area contributed by atoms with Crippen molar-refractivity contribution in [2.45, 2.75) is 6.42 Å². The summed E-state index contributed by atoms with van der Waals surface area (Å²) in [5.41, 5.74) is 3.89. The van der Waals surface area contributed by atoms with E-state index >= 15 is 0 Å². The van der Waals surface area contributed by atoms with Crippen molar-refractivity contribution in [3.8, 4) is 11.4 Å². The molecule has 3 rings (SSSR count). The fraction of sp³-hybridized carbons (Fsp3) is 0.263. The third-order valence-corrected chi connectivity index (χ3v) is 3.84. The summed E-state index contributed by atoms with van der Waals surface area (Å²) in [7, 11) is 3.98. The van der Waals surface area contributed by atoms with Crippen LogP contribution in [0, 0.1) is 0 Å². The number of hydrogen-bond donors (Lipinski definition) is 2. The first-order valence-electron chi connectivity index (χ1n) is 8.07. The molecule has 2 aromatic carbocycles. The maximum absolute atomic E-state index is 12.0. The minimum Gasteiger partial charge on any atom is -0.355 e. The molecule has 0 radical (unpaired) electrons. The van der Waals surface area contributed by atoms with Gasteiger partial charge < -0.3 is 15.2 Å². The number of fused-ring (bicyclic) bond motifs is 1. The van der Waals surface area contributed by atoms with E-state index in [0.717, 1.165) is 34.5 Å². The van der Waals surface area contributed by atoms with E-state index in [1.165, 1.54) is 0 Å². The van der Waals surface area contributed by atoms with Gasteiger partial charge in [-0.1, -0.05) is 36.4 Å². The number of rotatable bonds is 6. The standard InChI is InChI=1S/C19H22N4O/c1-23(2)11-10-20-18(24)13-14-8-9-16-17(12-14)22-19(21-16)15-6-4-3-5-7-15/h3-9,12H,10-11,13H2,1-2H3,(H,20,24)(H,21,22). The largest absolute Gasteiger partial charge is 0.355 e. The van der Waals surface area contributed by atoms with E-state index in [2.05, 4.69) is 15.3 Å². The van der Waals surface area contributed by atoms with E-state index < -0.39 is 0 Å². The SMILES string of the molecule is CN(C)CCNC(=O)Cc1ccc2nc(-c3ccccc3)[nH]c2c1. The molecule has 5 nitrogen and oxygen atoms in total. The zero-order valence-electron chi connectivity index (χ0n) is 14.0. The molecule has 0 aliphatic heterocycles. The molecule has 0 aliphatic carbocycles. The van der Waals surface area contributed by atoms with Gasteiger partial charge in [-0.2, -0.15) is 0 Å². The Balaban J connectivity index is 1.71. The average Bonchev–Trinajstić information content (AvgIpc) is 2.98. The molecule has 0 spiro atoms. The number of carbonyl (C=O) groups excluding carboxylic acids is 1. The predicted molar refractivity (Wildman–Crippen MR) is 96.8 cm³/mol. The van der Waals surface area contributed by atoms with Crippen LogP contribution in [0.15, 0.2) is 48.5 Å². The van der Waals surface area contributed by atoms with Crippen molar-refractivity contribution in [1.29, 1.82) is 0 Å². The molecule has 0 saturated heterocycles. The highest BCUT2D eigenvalue weighted by molar-refractivity contribution is 5.83. The van der Waals surface area contributed by atoms with E-state index in [4.69, 9.17) is 0 Å². The lowest BCUT2D eigenvalue weighted by Gasteiger charge is -2.10. The normalized spacial score (nSPS) is 11.1. The van der Waals surface area contributed by atoms with Crippen LogP contribution in [0.25, 0.3) is 22.4 Å². The maximum Gasteiger partial charge on any atom is 0.224 e. The van der Waals surface area contributed by atoms with E-state index in [-0.39, 0.29) is 5.91 Å². The lowest BCUT2D eigenvalue weighted by Crippen LogP contribution is -2.32. The Kier molecular flexibility index (Phi) is 4.91. The Morgan fingerprint density at radius 1 is 1.17 bits per heavy atom. The molecule has 0 fully saturated rings. The summed E-state index contributed by atoms with van der Waals surface area (Å²) in [5.74, 6) is 0.886. The van der Waals surface area contributed by atoms with Crippen molar-refractivity contribution in [1.82, 2.24) is 20.2 Å². The van der Waals surface area contributed by atoms with Crippen LogP contribution in [0.5, 0.6) is 0 Å². The fourth-order valence-electron chi connectivity index (χ4n) is 2.57. The van der Waals surface area contributed by atoms with Gasteiger partial charge in [-0.15, -0.1) is 0 Å². The first kappa shape index (κ1) is 16.2. The molecule has 0 atom stereocenters. The van der Waals surface area contributed by atoms with Gasteiger partial charge in [0, 0.05) is 18.7 Å². The lowest BCUT2D eigenvalue weighted by atomic mass is 10.1. The van der Waals surface area contributed by atoms with Crippen LogP contribution in [0.3, 0.4) is 0 Å². The topological polar surface area (TPSA) is 61.0 Å². The van der Waals surface area contributed by atoms with Gasteiger partial charge >= 0.3 is 0 Å². The molecule has 0 saturated carbocycles. The fourth-order valence-corrected chi connectivity index (χ4v) is 2.57. The first-order valence-corrected chi connectivity index (χ1v) is 8.07. The lowest BCUT2D eigenvalue weighted by molar-refractivity contribution is -0.120. The quantitative estimate of drug-likeness (QED) is 0.733. The second-order valence-corrected chi connectivity index (χ2v) is 6.13. The van der Waals surface area contributed by atoms with Crippen LogP contribution in [-0.4, -0.2) is 48.0 Å². The van der Waals surface area contributed by atoms with E-state index in [9.17, 15) is 4.79 Å². The Hall–Kier alpha value is -2.66. The average molecular weight is 322 g/mol. The number of benzene rings is 2. The van der Waals surface area contributed by atoms with Crippen molar-refractivity contribution in [3.63, 3.8) is 0 Å². The van der Waals surface area contributed by atoms with Crippen molar-refractivity contribution in [3.05, 3.63) is 54.1 Å². The molecule has 2 N–H and O–H groups in total. The molecule has 5 heteroatoms. The summed E-state index contributed by atoms with van der Waals surface area (Å²) >= 11 is 0. The third-order valence-electron chi connectivity index (χ3n) is 3.84. The summed E-state index contributed by atoms with van der Waals surface area (Å²) in [6.07, 6.45) is 0.378. The van der Waals surface area contributed by atoms with E-state index in [0.29, 0.717) is 13.0 Å². The number of nitrogens with one attached hydrogen (secondary N) is 2. The molecule has 0 aliphatic rings. The smallest absolute Gasteiger partial charge is 0.224 e. The molecule has 1 heterocycles. The summed E-state index contributed by atoms with van der Waals surface area (Å²) in [6.45, 7) is 1.50. The summed E-state index contributed by atoms with van der Waals surface area (Å²) < 4.78 is 0. The molecule has 1 amide bonds. The van der Waals surface area contributed by atoms with Crippen LogP contribution in [0.4, 0.5) is 0 Å². The molecule has 1 aromatic heterocycles. The van der Waals surface area contributed by atoms with Gasteiger partial charge in [-0.25, -0.2) is 4.98 Å². The number of likely N-dealkylation sites (N-methyl/N-ethyl adjacent to an activating group) is 1. The van der Waals surface area contributed by atoms with Crippen LogP contribution < -0.4 is 5.32 Å². The van der Waals surface area contributed by atoms with Crippen LogP contribution in [-0.2, 0) is 11.2 Å². The van der Waals surface area contributed by atoms with Crippen molar-refractivity contribution in [2.75, 3.05) is 27.2 Å². The van der Waals surface area contributed by atoms with E-state index in [1.54, 1.807) is 0 Å². The molecule has 0 bridgehead atoms.